The zero-order valence-electron chi connectivity index (χ0n) is 12.6. The van der Waals surface area contributed by atoms with Crippen LogP contribution in [-0.4, -0.2) is 21.5 Å². The number of pyridine rings is 1. The van der Waals surface area contributed by atoms with Gasteiger partial charge < -0.3 is 5.32 Å². The summed E-state index contributed by atoms with van der Waals surface area (Å²) in [6.45, 7) is 7.01. The first-order valence-electron chi connectivity index (χ1n) is 7.35. The Balaban J connectivity index is 2.13. The Hall–Kier alpha value is -1.49. The van der Waals surface area contributed by atoms with E-state index in [1.165, 1.54) is 12.8 Å². The van der Waals surface area contributed by atoms with Crippen LogP contribution in [0.25, 0.3) is 11.5 Å². The highest BCUT2D eigenvalue weighted by atomic mass is 79.9. The number of hydrogen-bond acceptors (Lipinski definition) is 4. The fourth-order valence-electron chi connectivity index (χ4n) is 2.43. The number of rotatable bonds is 4. The van der Waals surface area contributed by atoms with E-state index in [9.17, 15) is 0 Å². The Morgan fingerprint density at radius 1 is 1.29 bits per heavy atom. The second kappa shape index (κ2) is 5.72. The molecule has 2 aromatic heterocycles. The predicted octanol–water partition coefficient (Wildman–Crippen LogP) is 4.23. The molecule has 110 valence electrons. The number of hydrogen-bond donors (Lipinski definition) is 1. The van der Waals surface area contributed by atoms with Crippen molar-refractivity contribution in [3.63, 3.8) is 0 Å². The summed E-state index contributed by atoms with van der Waals surface area (Å²) in [5.74, 6) is 2.14. The van der Waals surface area contributed by atoms with Crippen LogP contribution in [0.15, 0.2) is 16.7 Å². The SMILES string of the molecule is CCNc1nc(-c2ncc(C)cc2C)nc(C2CC2)c1Br. The first kappa shape index (κ1) is 14.4. The van der Waals surface area contributed by atoms with Crippen molar-refractivity contribution in [3.05, 3.63) is 33.6 Å². The van der Waals surface area contributed by atoms with E-state index < -0.39 is 0 Å². The van der Waals surface area contributed by atoms with Gasteiger partial charge in [-0.15, -0.1) is 0 Å². The summed E-state index contributed by atoms with van der Waals surface area (Å²) >= 11 is 3.65. The molecule has 21 heavy (non-hydrogen) atoms. The first-order valence-corrected chi connectivity index (χ1v) is 8.14. The maximum atomic E-state index is 4.78. The van der Waals surface area contributed by atoms with Crippen molar-refractivity contribution in [1.29, 1.82) is 0 Å². The van der Waals surface area contributed by atoms with Crippen LogP contribution >= 0.6 is 15.9 Å². The third kappa shape index (κ3) is 2.93. The fraction of sp³-hybridized carbons (Fsp3) is 0.438. The van der Waals surface area contributed by atoms with Crippen molar-refractivity contribution in [2.24, 2.45) is 0 Å². The molecule has 2 heterocycles. The van der Waals surface area contributed by atoms with Crippen LogP contribution in [0.4, 0.5) is 5.82 Å². The summed E-state index contributed by atoms with van der Waals surface area (Å²) in [4.78, 5) is 14.0. The summed E-state index contributed by atoms with van der Waals surface area (Å²) in [6.07, 6.45) is 4.29. The van der Waals surface area contributed by atoms with Gasteiger partial charge in [0.15, 0.2) is 5.82 Å². The lowest BCUT2D eigenvalue weighted by molar-refractivity contribution is 0.965. The molecule has 0 radical (unpaired) electrons. The lowest BCUT2D eigenvalue weighted by Crippen LogP contribution is -2.07. The quantitative estimate of drug-likeness (QED) is 0.899. The maximum Gasteiger partial charge on any atom is 0.180 e. The molecule has 3 rings (SSSR count). The second-order valence-electron chi connectivity index (χ2n) is 5.58. The molecule has 2 aromatic rings. The van der Waals surface area contributed by atoms with Crippen LogP contribution in [0.2, 0.25) is 0 Å². The molecule has 0 saturated heterocycles. The molecule has 5 heteroatoms. The van der Waals surface area contributed by atoms with Crippen molar-refractivity contribution in [2.75, 3.05) is 11.9 Å². The van der Waals surface area contributed by atoms with E-state index >= 15 is 0 Å². The van der Waals surface area contributed by atoms with Gasteiger partial charge >= 0.3 is 0 Å². The van der Waals surface area contributed by atoms with Crippen molar-refractivity contribution in [2.45, 2.75) is 39.5 Å². The van der Waals surface area contributed by atoms with E-state index in [-0.39, 0.29) is 0 Å². The van der Waals surface area contributed by atoms with E-state index in [4.69, 9.17) is 4.98 Å². The molecule has 1 aliphatic carbocycles. The predicted molar refractivity (Wildman–Crippen MR) is 88.6 cm³/mol. The Morgan fingerprint density at radius 3 is 2.67 bits per heavy atom. The molecule has 0 aromatic carbocycles. The molecular formula is C16H19BrN4. The van der Waals surface area contributed by atoms with E-state index in [1.807, 2.05) is 13.1 Å². The molecular weight excluding hydrogens is 328 g/mol. The summed E-state index contributed by atoms with van der Waals surface area (Å²) in [7, 11) is 0. The Morgan fingerprint density at radius 2 is 2.05 bits per heavy atom. The molecule has 1 N–H and O–H groups in total. The standard InChI is InChI=1S/C16H19BrN4/c1-4-18-15-12(17)14(11-5-6-11)20-16(21-15)13-10(3)7-9(2)8-19-13/h7-8,11H,4-6H2,1-3H3,(H,18,20,21). The van der Waals surface area contributed by atoms with Gasteiger partial charge in [-0.2, -0.15) is 0 Å². The minimum Gasteiger partial charge on any atom is -0.369 e. The Kier molecular flexibility index (Phi) is 3.93. The van der Waals surface area contributed by atoms with Crippen LogP contribution in [0.3, 0.4) is 0 Å². The third-order valence-corrected chi connectivity index (χ3v) is 4.39. The summed E-state index contributed by atoms with van der Waals surface area (Å²) in [5.41, 5.74) is 4.25. The monoisotopic (exact) mass is 346 g/mol. The van der Waals surface area contributed by atoms with Crippen LogP contribution in [0.5, 0.6) is 0 Å². The highest BCUT2D eigenvalue weighted by Crippen LogP contribution is 2.44. The molecule has 0 atom stereocenters. The molecule has 1 fully saturated rings. The van der Waals surface area contributed by atoms with Crippen molar-refractivity contribution in [3.8, 4) is 11.5 Å². The zero-order chi connectivity index (χ0) is 15.0. The normalized spacial score (nSPS) is 14.3. The van der Waals surface area contributed by atoms with E-state index in [0.717, 1.165) is 39.4 Å². The van der Waals surface area contributed by atoms with Crippen molar-refractivity contribution < 1.29 is 0 Å². The number of aryl methyl sites for hydroxylation is 2. The number of nitrogens with one attached hydrogen (secondary N) is 1. The van der Waals surface area contributed by atoms with Gasteiger partial charge in [0, 0.05) is 18.7 Å². The molecule has 1 saturated carbocycles. The van der Waals surface area contributed by atoms with Gasteiger partial charge in [0.25, 0.3) is 0 Å². The van der Waals surface area contributed by atoms with Gasteiger partial charge in [-0.25, -0.2) is 9.97 Å². The van der Waals surface area contributed by atoms with Crippen molar-refractivity contribution >= 4 is 21.7 Å². The van der Waals surface area contributed by atoms with Gasteiger partial charge in [-0.1, -0.05) is 6.07 Å². The van der Waals surface area contributed by atoms with Gasteiger partial charge in [0.05, 0.1) is 10.2 Å². The smallest absolute Gasteiger partial charge is 0.180 e. The molecule has 0 amide bonds. The molecule has 0 bridgehead atoms. The van der Waals surface area contributed by atoms with Crippen LogP contribution in [0.1, 0.15) is 42.5 Å². The molecule has 1 aliphatic rings. The maximum absolute atomic E-state index is 4.78. The fourth-order valence-corrected chi connectivity index (χ4v) is 3.07. The minimum absolute atomic E-state index is 0.560. The number of halogens is 1. The van der Waals surface area contributed by atoms with Crippen LogP contribution in [-0.2, 0) is 0 Å². The van der Waals surface area contributed by atoms with Gasteiger partial charge in [0.2, 0.25) is 0 Å². The van der Waals surface area contributed by atoms with E-state index in [0.29, 0.717) is 11.7 Å². The van der Waals surface area contributed by atoms with E-state index in [2.05, 4.69) is 51.1 Å². The lowest BCUT2D eigenvalue weighted by Gasteiger charge is -2.12. The second-order valence-corrected chi connectivity index (χ2v) is 6.37. The van der Waals surface area contributed by atoms with Gasteiger partial charge in [-0.3, -0.25) is 4.98 Å². The average Bonchev–Trinajstić information content (AvgIpc) is 3.26. The molecule has 4 nitrogen and oxygen atoms in total. The van der Waals surface area contributed by atoms with Crippen LogP contribution in [0, 0.1) is 13.8 Å². The molecule has 0 unspecified atom stereocenters. The molecule has 0 aliphatic heterocycles. The van der Waals surface area contributed by atoms with Gasteiger partial charge in [0.1, 0.15) is 11.5 Å². The third-order valence-electron chi connectivity index (χ3n) is 3.61. The van der Waals surface area contributed by atoms with Gasteiger partial charge in [-0.05, 0) is 60.7 Å². The summed E-state index contributed by atoms with van der Waals surface area (Å²) in [6, 6.07) is 2.12. The summed E-state index contributed by atoms with van der Waals surface area (Å²) < 4.78 is 1.00. The Labute approximate surface area is 133 Å². The lowest BCUT2D eigenvalue weighted by atomic mass is 10.1. The zero-order valence-corrected chi connectivity index (χ0v) is 14.2. The molecule has 0 spiro atoms. The highest BCUT2D eigenvalue weighted by molar-refractivity contribution is 9.10. The number of nitrogens with zero attached hydrogens (tertiary/aromatic N) is 3. The largest absolute Gasteiger partial charge is 0.369 e. The van der Waals surface area contributed by atoms with Crippen LogP contribution < -0.4 is 5.32 Å². The Bertz CT molecular complexity index is 680. The van der Waals surface area contributed by atoms with Crippen molar-refractivity contribution in [1.82, 2.24) is 15.0 Å². The van der Waals surface area contributed by atoms with E-state index in [1.54, 1.807) is 0 Å². The summed E-state index contributed by atoms with van der Waals surface area (Å²) in [5, 5.41) is 3.31. The highest BCUT2D eigenvalue weighted by Gasteiger charge is 2.29. The minimum atomic E-state index is 0.560. The first-order chi connectivity index (χ1) is 10.1. The average molecular weight is 347 g/mol. The number of anilines is 1. The topological polar surface area (TPSA) is 50.7 Å². The number of aromatic nitrogens is 3.